The molecule has 0 aliphatic heterocycles. The van der Waals surface area contributed by atoms with Crippen molar-refractivity contribution in [2.45, 2.75) is 25.3 Å². The Labute approximate surface area is 206 Å². The molecule has 0 saturated carbocycles. The molecular weight excluding hydrogens is 518 g/mol. The van der Waals surface area contributed by atoms with E-state index in [1.54, 1.807) is 12.1 Å². The molecular formula is C20H20Cl2F3N5O3S. The van der Waals surface area contributed by atoms with Gasteiger partial charge in [-0.15, -0.1) is 16.4 Å². The van der Waals surface area contributed by atoms with Crippen LogP contribution >= 0.6 is 34.7 Å². The van der Waals surface area contributed by atoms with Gasteiger partial charge in [-0.2, -0.15) is 13.2 Å². The second kappa shape index (κ2) is 10.9. The number of nitrogens with two attached hydrogens (primary N) is 1. The predicted octanol–water partition coefficient (Wildman–Crippen LogP) is 3.77. The average Bonchev–Trinajstić information content (AvgIpc) is 3.34. The van der Waals surface area contributed by atoms with Crippen molar-refractivity contribution >= 4 is 40.6 Å². The molecule has 1 aromatic carbocycles. The summed E-state index contributed by atoms with van der Waals surface area (Å²) in [5.74, 6) is -0.473. The smallest absolute Gasteiger partial charge is 0.383 e. The van der Waals surface area contributed by atoms with E-state index in [9.17, 15) is 22.8 Å². The van der Waals surface area contributed by atoms with Gasteiger partial charge in [0, 0.05) is 24.9 Å². The largest absolute Gasteiger partial charge is 0.416 e. The quantitative estimate of drug-likeness (QED) is 0.419. The molecule has 1 unspecified atom stereocenters. The minimum atomic E-state index is -4.61. The summed E-state index contributed by atoms with van der Waals surface area (Å²) in [5.41, 5.74) is 4.23. The Morgan fingerprint density at radius 1 is 1.29 bits per heavy atom. The monoisotopic (exact) mass is 537 g/mol. The molecule has 0 aliphatic carbocycles. The summed E-state index contributed by atoms with van der Waals surface area (Å²) < 4.78 is 48.3. The first-order valence-electron chi connectivity index (χ1n) is 9.83. The first kappa shape index (κ1) is 26.2. The van der Waals surface area contributed by atoms with E-state index in [0.717, 1.165) is 10.7 Å². The van der Waals surface area contributed by atoms with Crippen LogP contribution in [-0.2, 0) is 28.8 Å². The average molecular weight is 538 g/mol. The van der Waals surface area contributed by atoms with Crippen LogP contribution in [0.4, 0.5) is 13.2 Å². The van der Waals surface area contributed by atoms with Gasteiger partial charge in [0.05, 0.1) is 34.5 Å². The predicted molar refractivity (Wildman–Crippen MR) is 123 cm³/mol. The van der Waals surface area contributed by atoms with Crippen molar-refractivity contribution < 1.29 is 22.7 Å². The molecule has 1 amide bonds. The Morgan fingerprint density at radius 3 is 2.62 bits per heavy atom. The number of ether oxygens (including phenoxy) is 1. The molecule has 0 aliphatic rings. The van der Waals surface area contributed by atoms with Crippen LogP contribution in [0.25, 0.3) is 10.7 Å². The van der Waals surface area contributed by atoms with Crippen molar-refractivity contribution in [3.63, 3.8) is 0 Å². The maximum absolute atomic E-state index is 13.3. The normalized spacial score (nSPS) is 12.7. The lowest BCUT2D eigenvalue weighted by atomic mass is 10.0. The fraction of sp³-hybridized carbons (Fsp3) is 0.350. The zero-order valence-corrected chi connectivity index (χ0v) is 20.1. The fourth-order valence-electron chi connectivity index (χ4n) is 3.20. The number of carbonyl (C=O) groups is 1. The summed E-state index contributed by atoms with van der Waals surface area (Å²) in [7, 11) is 1.48. The number of rotatable bonds is 9. The number of methoxy groups -OCH3 is 1. The SMILES string of the molecule is COCCn1c(-c2ccc(Cl)s2)nn(CC(=O)N(Cl)CC(N)c2ccccc2C(F)(F)F)c1=O. The van der Waals surface area contributed by atoms with Gasteiger partial charge in [0.1, 0.15) is 6.54 Å². The van der Waals surface area contributed by atoms with Crippen molar-refractivity contribution in [1.82, 2.24) is 18.8 Å². The highest BCUT2D eigenvalue weighted by Crippen LogP contribution is 2.34. The number of nitrogens with zero attached hydrogens (tertiary/aromatic N) is 4. The minimum Gasteiger partial charge on any atom is -0.383 e. The van der Waals surface area contributed by atoms with E-state index in [1.807, 2.05) is 0 Å². The van der Waals surface area contributed by atoms with E-state index >= 15 is 0 Å². The van der Waals surface area contributed by atoms with E-state index < -0.39 is 42.5 Å². The Balaban J connectivity index is 1.79. The fourth-order valence-corrected chi connectivity index (χ4v) is 4.44. The molecule has 1 atom stereocenters. The number of amides is 1. The van der Waals surface area contributed by atoms with Gasteiger partial charge < -0.3 is 10.5 Å². The third-order valence-corrected chi connectivity index (χ3v) is 6.37. The van der Waals surface area contributed by atoms with E-state index in [1.165, 1.54) is 41.2 Å². The number of thiophene rings is 1. The number of carbonyl (C=O) groups excluding carboxylic acids is 1. The maximum atomic E-state index is 13.3. The van der Waals surface area contributed by atoms with E-state index in [-0.39, 0.29) is 18.7 Å². The number of hydrogen-bond donors (Lipinski definition) is 1. The maximum Gasteiger partial charge on any atom is 0.416 e. The Morgan fingerprint density at radius 2 is 2.00 bits per heavy atom. The molecule has 0 fully saturated rings. The van der Waals surface area contributed by atoms with Crippen molar-refractivity contribution in [2.24, 2.45) is 5.73 Å². The summed E-state index contributed by atoms with van der Waals surface area (Å²) in [6.07, 6.45) is -4.61. The summed E-state index contributed by atoms with van der Waals surface area (Å²) in [6, 6.07) is 6.91. The first-order chi connectivity index (χ1) is 16.0. The lowest BCUT2D eigenvalue weighted by Crippen LogP contribution is -2.36. The summed E-state index contributed by atoms with van der Waals surface area (Å²) in [4.78, 5) is 26.1. The van der Waals surface area contributed by atoms with Crippen LogP contribution in [0.3, 0.4) is 0 Å². The summed E-state index contributed by atoms with van der Waals surface area (Å²) in [6.45, 7) is -0.555. The highest BCUT2D eigenvalue weighted by atomic mass is 35.5. The van der Waals surface area contributed by atoms with Gasteiger partial charge in [0.25, 0.3) is 5.91 Å². The summed E-state index contributed by atoms with van der Waals surface area (Å²) >= 11 is 13.2. The van der Waals surface area contributed by atoms with Gasteiger partial charge in [-0.3, -0.25) is 13.8 Å². The van der Waals surface area contributed by atoms with Crippen molar-refractivity contribution in [3.05, 3.63) is 62.3 Å². The van der Waals surface area contributed by atoms with Gasteiger partial charge in [-0.25, -0.2) is 9.48 Å². The van der Waals surface area contributed by atoms with Gasteiger partial charge in [0.15, 0.2) is 5.82 Å². The molecule has 0 spiro atoms. The van der Waals surface area contributed by atoms with Crippen molar-refractivity contribution in [3.8, 4) is 10.7 Å². The van der Waals surface area contributed by atoms with Crippen LogP contribution in [0.2, 0.25) is 4.34 Å². The zero-order chi connectivity index (χ0) is 25.0. The second-order valence-electron chi connectivity index (χ2n) is 7.14. The minimum absolute atomic E-state index is 0.179. The molecule has 184 valence electrons. The third kappa shape index (κ3) is 5.99. The van der Waals surface area contributed by atoms with Crippen molar-refractivity contribution in [2.75, 3.05) is 20.3 Å². The second-order valence-corrected chi connectivity index (χ2v) is 9.27. The van der Waals surface area contributed by atoms with Gasteiger partial charge in [-0.1, -0.05) is 29.8 Å². The molecule has 2 aromatic heterocycles. The van der Waals surface area contributed by atoms with Crippen LogP contribution in [-0.4, -0.2) is 44.9 Å². The number of aromatic nitrogens is 3. The molecule has 0 saturated heterocycles. The standard InChI is InChI=1S/C20H20Cl2F3N5O3S/c1-33-9-8-28-18(15-6-7-16(21)34-15)27-30(19(28)32)11-17(31)29(22)10-14(26)12-4-2-3-5-13(12)20(23,24)25/h2-7,14H,8-11,26H2,1H3. The zero-order valence-electron chi connectivity index (χ0n) is 17.8. The molecule has 34 heavy (non-hydrogen) atoms. The Hall–Kier alpha value is -2.38. The number of alkyl halides is 3. The van der Waals surface area contributed by atoms with E-state index in [2.05, 4.69) is 5.10 Å². The van der Waals surface area contributed by atoms with Crippen molar-refractivity contribution in [1.29, 1.82) is 0 Å². The molecule has 0 radical (unpaired) electrons. The molecule has 2 N–H and O–H groups in total. The molecule has 2 heterocycles. The Bertz CT molecular complexity index is 1210. The number of benzene rings is 1. The lowest BCUT2D eigenvalue weighted by molar-refractivity contribution is -0.138. The van der Waals surface area contributed by atoms with Crippen LogP contribution in [0.15, 0.2) is 41.2 Å². The topological polar surface area (TPSA) is 95.4 Å². The van der Waals surface area contributed by atoms with Crippen LogP contribution in [0, 0.1) is 0 Å². The van der Waals surface area contributed by atoms with E-state index in [0.29, 0.717) is 19.5 Å². The van der Waals surface area contributed by atoms with Crippen LogP contribution in [0.1, 0.15) is 17.2 Å². The lowest BCUT2D eigenvalue weighted by Gasteiger charge is -2.22. The molecule has 3 rings (SSSR count). The molecule has 8 nitrogen and oxygen atoms in total. The van der Waals surface area contributed by atoms with Crippen LogP contribution < -0.4 is 11.4 Å². The number of hydrogen-bond acceptors (Lipinski definition) is 6. The van der Waals surface area contributed by atoms with E-state index in [4.69, 9.17) is 33.8 Å². The summed E-state index contributed by atoms with van der Waals surface area (Å²) in [5, 5.41) is 4.23. The third-order valence-electron chi connectivity index (χ3n) is 4.81. The molecule has 0 bridgehead atoms. The Kier molecular flexibility index (Phi) is 8.42. The molecule has 14 heteroatoms. The highest BCUT2D eigenvalue weighted by molar-refractivity contribution is 7.19. The highest BCUT2D eigenvalue weighted by Gasteiger charge is 2.35. The number of halogens is 5. The first-order valence-corrected chi connectivity index (χ1v) is 11.4. The van der Waals surface area contributed by atoms with Crippen LogP contribution in [0.5, 0.6) is 0 Å². The van der Waals surface area contributed by atoms with Gasteiger partial charge in [0.2, 0.25) is 0 Å². The van der Waals surface area contributed by atoms with Gasteiger partial charge >= 0.3 is 11.9 Å². The molecule has 3 aromatic rings. The van der Waals surface area contributed by atoms with Gasteiger partial charge in [-0.05, 0) is 23.8 Å².